The Balaban J connectivity index is 1.94. The maximum atomic E-state index is 5.50. The van der Waals surface area contributed by atoms with Crippen molar-refractivity contribution in [1.29, 1.82) is 0 Å². The molecule has 110 valence electrons. The summed E-state index contributed by atoms with van der Waals surface area (Å²) in [6, 6.07) is 0. The van der Waals surface area contributed by atoms with Crippen molar-refractivity contribution in [2.45, 2.75) is 31.7 Å². The average Bonchev–Trinajstić information content (AvgIpc) is 3.32. The van der Waals surface area contributed by atoms with Gasteiger partial charge in [-0.2, -0.15) is 5.10 Å². The molecule has 0 amide bonds. The molecule has 6 nitrogen and oxygen atoms in total. The van der Waals surface area contributed by atoms with Gasteiger partial charge >= 0.3 is 0 Å². The number of hydrogen-bond donors (Lipinski definition) is 1. The molecule has 21 heavy (non-hydrogen) atoms. The van der Waals surface area contributed by atoms with Crippen molar-refractivity contribution in [3.8, 4) is 17.1 Å². The zero-order chi connectivity index (χ0) is 14.4. The van der Waals surface area contributed by atoms with Crippen molar-refractivity contribution in [3.05, 3.63) is 23.3 Å². The monoisotopic (exact) mass is 285 g/mol. The van der Waals surface area contributed by atoms with Crippen LogP contribution in [0.5, 0.6) is 5.88 Å². The molecule has 0 aromatic carbocycles. The third-order valence-corrected chi connectivity index (χ3v) is 4.35. The van der Waals surface area contributed by atoms with Crippen LogP contribution in [-0.4, -0.2) is 33.4 Å². The number of fused-ring (bicyclic) bond motifs is 1. The predicted molar refractivity (Wildman–Crippen MR) is 78.2 cm³/mol. The molecule has 4 rings (SSSR count). The number of methoxy groups -OCH3 is 1. The first-order chi connectivity index (χ1) is 10.3. The minimum absolute atomic E-state index is 0.533. The second-order valence-corrected chi connectivity index (χ2v) is 5.74. The van der Waals surface area contributed by atoms with Crippen LogP contribution in [0.1, 0.15) is 35.7 Å². The molecule has 0 saturated heterocycles. The lowest BCUT2D eigenvalue weighted by Gasteiger charge is -2.15. The normalized spacial score (nSPS) is 17.6. The Morgan fingerprint density at radius 1 is 1.33 bits per heavy atom. The van der Waals surface area contributed by atoms with Gasteiger partial charge in [-0.3, -0.25) is 4.68 Å². The van der Waals surface area contributed by atoms with Crippen LogP contribution < -0.4 is 10.1 Å². The van der Waals surface area contributed by atoms with Crippen LogP contribution >= 0.6 is 0 Å². The largest absolute Gasteiger partial charge is 0.480 e. The van der Waals surface area contributed by atoms with E-state index in [1.807, 2.05) is 11.7 Å². The summed E-state index contributed by atoms with van der Waals surface area (Å²) in [5.74, 6) is 1.17. The van der Waals surface area contributed by atoms with Gasteiger partial charge in [0.2, 0.25) is 5.88 Å². The Labute approximate surface area is 123 Å². The van der Waals surface area contributed by atoms with Crippen LogP contribution in [0, 0.1) is 0 Å². The highest BCUT2D eigenvalue weighted by atomic mass is 16.5. The molecule has 2 aromatic heterocycles. The van der Waals surface area contributed by atoms with Crippen LogP contribution in [-0.2, 0) is 20.0 Å². The van der Waals surface area contributed by atoms with Crippen LogP contribution in [0.2, 0.25) is 0 Å². The highest BCUT2D eigenvalue weighted by Gasteiger charge is 2.33. The molecule has 0 bridgehead atoms. The molecule has 3 heterocycles. The molecule has 0 spiro atoms. The van der Waals surface area contributed by atoms with Gasteiger partial charge < -0.3 is 10.1 Å². The molecule has 0 unspecified atom stereocenters. The lowest BCUT2D eigenvalue weighted by molar-refractivity contribution is 0.397. The molecule has 1 N–H and O–H groups in total. The number of ether oxygens (including phenoxy) is 1. The smallest absolute Gasteiger partial charge is 0.226 e. The first-order valence-corrected chi connectivity index (χ1v) is 7.44. The summed E-state index contributed by atoms with van der Waals surface area (Å²) in [6.45, 7) is 1.85. The van der Waals surface area contributed by atoms with Gasteiger partial charge in [-0.1, -0.05) is 0 Å². The minimum atomic E-state index is 0.533. The Hall–Kier alpha value is -1.95. The van der Waals surface area contributed by atoms with Gasteiger partial charge in [-0.15, -0.1) is 0 Å². The maximum Gasteiger partial charge on any atom is 0.226 e. The minimum Gasteiger partial charge on any atom is -0.480 e. The summed E-state index contributed by atoms with van der Waals surface area (Å²) in [5.41, 5.74) is 5.63. The van der Waals surface area contributed by atoms with E-state index in [-0.39, 0.29) is 0 Å². The predicted octanol–water partition coefficient (Wildman–Crippen LogP) is 1.41. The quantitative estimate of drug-likeness (QED) is 0.923. The van der Waals surface area contributed by atoms with Crippen molar-refractivity contribution in [2.24, 2.45) is 7.05 Å². The maximum absolute atomic E-state index is 5.50. The second kappa shape index (κ2) is 4.80. The average molecular weight is 285 g/mol. The van der Waals surface area contributed by atoms with Crippen molar-refractivity contribution in [3.63, 3.8) is 0 Å². The van der Waals surface area contributed by atoms with Crippen molar-refractivity contribution in [2.75, 3.05) is 13.7 Å². The molecule has 0 atom stereocenters. The molecular weight excluding hydrogens is 266 g/mol. The zero-order valence-electron chi connectivity index (χ0n) is 12.4. The summed E-state index contributed by atoms with van der Waals surface area (Å²) in [6.07, 6.45) is 5.00. The Morgan fingerprint density at radius 2 is 2.19 bits per heavy atom. The summed E-state index contributed by atoms with van der Waals surface area (Å²) >= 11 is 0. The Morgan fingerprint density at radius 3 is 2.95 bits per heavy atom. The van der Waals surface area contributed by atoms with Crippen LogP contribution in [0.25, 0.3) is 11.3 Å². The first kappa shape index (κ1) is 12.8. The Bertz CT molecular complexity index is 690. The van der Waals surface area contributed by atoms with E-state index < -0.39 is 0 Å². The van der Waals surface area contributed by atoms with E-state index in [2.05, 4.69) is 15.3 Å². The fourth-order valence-electron chi connectivity index (χ4n) is 3.15. The number of aromatic nitrogens is 4. The van der Waals surface area contributed by atoms with E-state index in [1.165, 1.54) is 24.1 Å². The topological polar surface area (TPSA) is 64.9 Å². The van der Waals surface area contributed by atoms with E-state index in [0.717, 1.165) is 36.5 Å². The fraction of sp³-hybridized carbons (Fsp3) is 0.533. The number of nitrogens with zero attached hydrogens (tertiary/aromatic N) is 4. The lowest BCUT2D eigenvalue weighted by Crippen LogP contribution is -2.24. The summed E-state index contributed by atoms with van der Waals surface area (Å²) in [5, 5.41) is 8.19. The molecule has 2 aromatic rings. The molecular formula is C15H19N5O. The molecule has 0 radical (unpaired) electrons. The second-order valence-electron chi connectivity index (χ2n) is 5.74. The van der Waals surface area contributed by atoms with Crippen LogP contribution in [0.4, 0.5) is 0 Å². The third kappa shape index (κ3) is 2.01. The van der Waals surface area contributed by atoms with Gasteiger partial charge in [0.05, 0.1) is 18.4 Å². The van der Waals surface area contributed by atoms with E-state index >= 15 is 0 Å². The highest BCUT2D eigenvalue weighted by Crippen LogP contribution is 2.46. The summed E-state index contributed by atoms with van der Waals surface area (Å²) in [7, 11) is 3.68. The number of nitrogens with one attached hydrogen (secondary N) is 1. The van der Waals surface area contributed by atoms with Crippen molar-refractivity contribution in [1.82, 2.24) is 25.1 Å². The number of rotatable bonds is 3. The van der Waals surface area contributed by atoms with Crippen LogP contribution in [0.3, 0.4) is 0 Å². The molecule has 1 saturated carbocycles. The molecule has 6 heteroatoms. The van der Waals surface area contributed by atoms with Gasteiger partial charge in [-0.05, 0) is 12.8 Å². The first-order valence-electron chi connectivity index (χ1n) is 7.44. The Kier molecular flexibility index (Phi) is 2.92. The van der Waals surface area contributed by atoms with E-state index in [1.54, 1.807) is 13.4 Å². The fourth-order valence-corrected chi connectivity index (χ4v) is 3.15. The SMILES string of the molecule is COc1ncnc(C2CC2)c1-c1nn(C)c2c1CNCC2. The molecule has 2 aliphatic rings. The summed E-state index contributed by atoms with van der Waals surface area (Å²) < 4.78 is 7.49. The highest BCUT2D eigenvalue weighted by molar-refractivity contribution is 5.72. The van der Waals surface area contributed by atoms with E-state index in [4.69, 9.17) is 9.84 Å². The van der Waals surface area contributed by atoms with Gasteiger partial charge in [0.25, 0.3) is 0 Å². The molecule has 1 aliphatic heterocycles. The van der Waals surface area contributed by atoms with Gasteiger partial charge in [0, 0.05) is 43.7 Å². The van der Waals surface area contributed by atoms with Crippen molar-refractivity contribution >= 4 is 0 Å². The van der Waals surface area contributed by atoms with E-state index in [0.29, 0.717) is 11.8 Å². The van der Waals surface area contributed by atoms with Crippen LogP contribution in [0.15, 0.2) is 6.33 Å². The molecule has 1 fully saturated rings. The number of hydrogen-bond acceptors (Lipinski definition) is 5. The lowest BCUT2D eigenvalue weighted by atomic mass is 10.00. The van der Waals surface area contributed by atoms with Crippen molar-refractivity contribution < 1.29 is 4.74 Å². The molecule has 1 aliphatic carbocycles. The van der Waals surface area contributed by atoms with E-state index in [9.17, 15) is 0 Å². The number of aryl methyl sites for hydroxylation is 1. The third-order valence-electron chi connectivity index (χ3n) is 4.35. The zero-order valence-corrected chi connectivity index (χ0v) is 12.4. The summed E-state index contributed by atoms with van der Waals surface area (Å²) in [4.78, 5) is 8.82. The van der Waals surface area contributed by atoms with Gasteiger partial charge in [-0.25, -0.2) is 9.97 Å². The van der Waals surface area contributed by atoms with Gasteiger partial charge in [0.15, 0.2) is 0 Å². The van der Waals surface area contributed by atoms with Gasteiger partial charge in [0.1, 0.15) is 12.0 Å². The standard InChI is InChI=1S/C15H19N5O/c1-20-11-5-6-16-7-10(11)14(19-20)12-13(9-3-4-9)17-8-18-15(12)21-2/h8-9,16H,3-7H2,1-2H3.